The number of primary amides is 1. The summed E-state index contributed by atoms with van der Waals surface area (Å²) >= 11 is 0. The molecule has 1 aromatic rings. The van der Waals surface area contributed by atoms with Crippen LogP contribution in [-0.2, 0) is 20.8 Å². The first kappa shape index (κ1) is 23.4. The van der Waals surface area contributed by atoms with Gasteiger partial charge in [-0.1, -0.05) is 0 Å². The molecular formula is C23H27N3O6. The Morgan fingerprint density at radius 3 is 2.50 bits per heavy atom. The minimum Gasteiger partial charge on any atom is -0.507 e. The maximum absolute atomic E-state index is 13.6. The predicted octanol–water partition coefficient (Wildman–Crippen LogP) is 0.523. The first-order valence-corrected chi connectivity index (χ1v) is 10.4. The molecule has 0 bridgehead atoms. The van der Waals surface area contributed by atoms with Crippen LogP contribution in [0.15, 0.2) is 17.7 Å². The number of phenols is 1. The largest absolute Gasteiger partial charge is 0.507 e. The Bertz CT molecular complexity index is 1050. The minimum atomic E-state index is -1.28. The molecule has 1 amide bonds. The molecule has 5 atom stereocenters. The lowest BCUT2D eigenvalue weighted by atomic mass is 9.61. The number of hydrogen-bond acceptors (Lipinski definition) is 8. The smallest absolute Gasteiger partial charge is 0.227 e. The molecule has 1 aromatic carbocycles. The number of nitrogens with two attached hydrogens (primary N) is 1. The molecule has 1 fully saturated rings. The topological polar surface area (TPSA) is 165 Å². The number of aliphatic hydroxyl groups is 2. The van der Waals surface area contributed by atoms with E-state index >= 15 is 0 Å². The third-order valence-corrected chi connectivity index (χ3v) is 6.80. The average Bonchev–Trinajstić information content (AvgIpc) is 2.73. The monoisotopic (exact) mass is 441 g/mol. The molecule has 170 valence electrons. The van der Waals surface area contributed by atoms with E-state index in [2.05, 4.69) is 0 Å². The Hall–Kier alpha value is -3.22. The van der Waals surface area contributed by atoms with Crippen LogP contribution in [0.1, 0.15) is 30.0 Å². The van der Waals surface area contributed by atoms with Gasteiger partial charge in [0.25, 0.3) is 0 Å². The van der Waals surface area contributed by atoms with Crippen molar-refractivity contribution in [3.63, 3.8) is 0 Å². The number of phenolic OH excluding ortho intramolecular Hbond substituents is 1. The number of carbonyl (C=O) groups excluding carboxylic acids is 3. The Balaban J connectivity index is 2.20. The number of aromatic hydroxyl groups is 1. The molecule has 0 saturated heterocycles. The van der Waals surface area contributed by atoms with Crippen LogP contribution in [0, 0.1) is 35.0 Å². The summed E-state index contributed by atoms with van der Waals surface area (Å²) in [4.78, 5) is 40.2. The van der Waals surface area contributed by atoms with Gasteiger partial charge in [-0.15, -0.1) is 0 Å². The first-order valence-electron chi connectivity index (χ1n) is 10.4. The maximum atomic E-state index is 13.6. The van der Waals surface area contributed by atoms with Gasteiger partial charge in [0.2, 0.25) is 5.91 Å². The summed E-state index contributed by atoms with van der Waals surface area (Å²) in [6, 6.07) is 4.21. The van der Waals surface area contributed by atoms with Crippen LogP contribution in [-0.4, -0.2) is 64.4 Å². The number of benzene rings is 1. The molecule has 9 nitrogen and oxygen atoms in total. The number of amides is 1. The van der Waals surface area contributed by atoms with E-state index in [1.165, 1.54) is 19.1 Å². The number of hydrogen-bond donors (Lipinski definition) is 4. The van der Waals surface area contributed by atoms with E-state index in [0.29, 0.717) is 5.56 Å². The van der Waals surface area contributed by atoms with Gasteiger partial charge in [0, 0.05) is 11.6 Å². The van der Waals surface area contributed by atoms with Gasteiger partial charge < -0.3 is 26.0 Å². The third-order valence-electron chi connectivity index (χ3n) is 6.80. The molecule has 1 saturated carbocycles. The van der Waals surface area contributed by atoms with Crippen LogP contribution >= 0.6 is 0 Å². The van der Waals surface area contributed by atoms with Crippen molar-refractivity contribution in [1.29, 1.82) is 5.26 Å². The van der Waals surface area contributed by atoms with Crippen molar-refractivity contribution in [2.45, 2.75) is 25.8 Å². The van der Waals surface area contributed by atoms with Gasteiger partial charge in [-0.25, -0.2) is 0 Å². The zero-order chi connectivity index (χ0) is 23.9. The highest BCUT2D eigenvalue weighted by atomic mass is 16.3. The summed E-state index contributed by atoms with van der Waals surface area (Å²) < 4.78 is 0. The van der Waals surface area contributed by atoms with Gasteiger partial charge in [0.1, 0.15) is 11.5 Å². The number of allylic oxidation sites excluding steroid dienone is 1. The second kappa shape index (κ2) is 8.73. The quantitative estimate of drug-likeness (QED) is 0.464. The minimum absolute atomic E-state index is 0.00426. The van der Waals surface area contributed by atoms with Crippen molar-refractivity contribution < 1.29 is 29.7 Å². The second-order valence-electron chi connectivity index (χ2n) is 8.74. The van der Waals surface area contributed by atoms with Gasteiger partial charge in [-0.2, -0.15) is 5.26 Å². The van der Waals surface area contributed by atoms with E-state index in [0.717, 1.165) is 0 Å². The lowest BCUT2D eigenvalue weighted by molar-refractivity contribution is -0.141. The normalized spacial score (nSPS) is 24.4. The van der Waals surface area contributed by atoms with Crippen LogP contribution in [0.4, 0.5) is 0 Å². The Morgan fingerprint density at radius 1 is 1.31 bits per heavy atom. The number of aliphatic hydroxyl groups excluding tert-OH is 2. The number of fused-ring (bicyclic) bond motifs is 2. The highest BCUT2D eigenvalue weighted by molar-refractivity contribution is 6.18. The molecule has 2 aliphatic carbocycles. The SMILES string of the molecule is CC(C(N)=O)C(=O)C1C(=O)C2=C(O)c3c(O)ccc(C#N)c3C[C@H]2C[C@H]1[C@@H](CO)N(C)C. The molecule has 2 unspecified atom stereocenters. The second-order valence-corrected chi connectivity index (χ2v) is 8.74. The zero-order valence-corrected chi connectivity index (χ0v) is 18.2. The van der Waals surface area contributed by atoms with Crippen molar-refractivity contribution in [3.8, 4) is 11.8 Å². The number of Topliss-reactive ketones (excluding diaryl/α,β-unsaturated/α-hetero) is 2. The van der Waals surface area contributed by atoms with Gasteiger partial charge in [0.15, 0.2) is 11.6 Å². The highest BCUT2D eigenvalue weighted by Gasteiger charge is 2.51. The third kappa shape index (κ3) is 3.66. The number of ketones is 2. The molecular weight excluding hydrogens is 414 g/mol. The summed E-state index contributed by atoms with van der Waals surface area (Å²) in [5, 5.41) is 40.8. The van der Waals surface area contributed by atoms with Gasteiger partial charge in [-0.3, -0.25) is 14.4 Å². The molecule has 0 aromatic heterocycles. The van der Waals surface area contributed by atoms with E-state index < -0.39 is 52.9 Å². The predicted molar refractivity (Wildman–Crippen MR) is 114 cm³/mol. The summed E-state index contributed by atoms with van der Waals surface area (Å²) in [5.74, 6) is -6.55. The van der Waals surface area contributed by atoms with Gasteiger partial charge >= 0.3 is 0 Å². The number of rotatable bonds is 6. The fraction of sp³-hybridized carbons (Fsp3) is 0.478. The number of carbonyl (C=O) groups is 3. The van der Waals surface area contributed by atoms with Crippen LogP contribution < -0.4 is 5.73 Å². The van der Waals surface area contributed by atoms with Crippen molar-refractivity contribution >= 4 is 23.2 Å². The summed E-state index contributed by atoms with van der Waals surface area (Å²) in [7, 11) is 3.43. The van der Waals surface area contributed by atoms with E-state index in [1.807, 2.05) is 6.07 Å². The van der Waals surface area contributed by atoms with Crippen molar-refractivity contribution in [1.82, 2.24) is 4.90 Å². The number of nitrogens with zero attached hydrogens (tertiary/aromatic N) is 2. The highest BCUT2D eigenvalue weighted by Crippen LogP contribution is 2.48. The van der Waals surface area contributed by atoms with Crippen LogP contribution in [0.3, 0.4) is 0 Å². The molecule has 0 radical (unpaired) electrons. The molecule has 0 heterocycles. The lowest BCUT2D eigenvalue weighted by Gasteiger charge is -2.43. The molecule has 3 rings (SSSR count). The zero-order valence-electron chi connectivity index (χ0n) is 18.2. The van der Waals surface area contributed by atoms with E-state index in [9.17, 15) is 35.0 Å². The maximum Gasteiger partial charge on any atom is 0.227 e. The summed E-state index contributed by atoms with van der Waals surface area (Å²) in [5.41, 5.74) is 6.05. The Kier molecular flexibility index (Phi) is 6.39. The summed E-state index contributed by atoms with van der Waals surface area (Å²) in [6.45, 7) is 1.01. The standard InChI is InChI=1S/C23H27N3O6/c1-10(23(25)32)20(29)19-14(15(9-27)26(2)3)7-12-6-13-11(8-24)4-5-16(28)18(13)21(30)17(12)22(19)31/h4-5,10,12,14-15,19,27-28,30H,6-7,9H2,1-3H3,(H2,25,32)/t10?,12-,14-,15+,19?/m0/s1. The van der Waals surface area contributed by atoms with Crippen molar-refractivity contribution in [3.05, 3.63) is 34.4 Å². The molecule has 0 spiro atoms. The lowest BCUT2D eigenvalue weighted by Crippen LogP contribution is -2.53. The van der Waals surface area contributed by atoms with E-state index in [1.54, 1.807) is 19.0 Å². The van der Waals surface area contributed by atoms with E-state index in [4.69, 9.17) is 5.73 Å². The van der Waals surface area contributed by atoms with Crippen LogP contribution in [0.5, 0.6) is 5.75 Å². The van der Waals surface area contributed by atoms with Crippen LogP contribution in [0.25, 0.3) is 5.76 Å². The first-order chi connectivity index (χ1) is 15.0. The fourth-order valence-corrected chi connectivity index (χ4v) is 5.05. The van der Waals surface area contributed by atoms with Crippen molar-refractivity contribution in [2.24, 2.45) is 29.4 Å². The molecule has 9 heteroatoms. The molecule has 2 aliphatic rings. The number of nitriles is 1. The average molecular weight is 441 g/mol. The summed E-state index contributed by atoms with van der Waals surface area (Å²) in [6.07, 6.45) is 0.475. The van der Waals surface area contributed by atoms with Crippen LogP contribution in [0.2, 0.25) is 0 Å². The molecule has 5 N–H and O–H groups in total. The van der Waals surface area contributed by atoms with Crippen molar-refractivity contribution in [2.75, 3.05) is 20.7 Å². The fourth-order valence-electron chi connectivity index (χ4n) is 5.05. The van der Waals surface area contributed by atoms with Gasteiger partial charge in [0.05, 0.1) is 35.6 Å². The van der Waals surface area contributed by atoms with E-state index in [-0.39, 0.29) is 41.9 Å². The Labute approximate surface area is 185 Å². The number of likely N-dealkylation sites (N-methyl/N-ethyl adjacent to an activating group) is 1. The Morgan fingerprint density at radius 2 is 1.97 bits per heavy atom. The molecule has 32 heavy (non-hydrogen) atoms. The van der Waals surface area contributed by atoms with Gasteiger partial charge in [-0.05, 0) is 63.4 Å². The molecule has 0 aliphatic heterocycles.